The molecule has 2 aliphatic rings. The topological polar surface area (TPSA) is 135 Å². The first-order chi connectivity index (χ1) is 16.2. The summed E-state index contributed by atoms with van der Waals surface area (Å²) in [6.45, 7) is 5.19. The minimum absolute atomic E-state index is 0.0315. The number of esters is 3. The number of ether oxygens (including phenoxy) is 4. The summed E-state index contributed by atoms with van der Waals surface area (Å²) in [5.74, 6) is -1.24. The molecule has 12 nitrogen and oxygen atoms in total. The number of imidazole rings is 1. The quantitative estimate of drug-likeness (QED) is 0.341. The molecule has 184 valence electrons. The van der Waals surface area contributed by atoms with Crippen molar-refractivity contribution in [2.45, 2.75) is 64.6 Å². The summed E-state index contributed by atoms with van der Waals surface area (Å²) in [6, 6.07) is 0. The molecule has 0 N–H and O–H groups in total. The van der Waals surface area contributed by atoms with Crippen LogP contribution in [0.15, 0.2) is 6.33 Å². The molecule has 0 radical (unpaired) electrons. The van der Waals surface area contributed by atoms with E-state index in [1.54, 1.807) is 4.57 Å². The van der Waals surface area contributed by atoms with Crippen molar-refractivity contribution in [2.75, 3.05) is 24.6 Å². The zero-order valence-corrected chi connectivity index (χ0v) is 19.9. The Balaban J connectivity index is 1.76. The van der Waals surface area contributed by atoms with Crippen molar-refractivity contribution in [1.82, 2.24) is 19.5 Å². The van der Waals surface area contributed by atoms with Gasteiger partial charge in [0.1, 0.15) is 0 Å². The lowest BCUT2D eigenvalue weighted by Crippen LogP contribution is -2.55. The Labute approximate surface area is 200 Å². The molecule has 2 fully saturated rings. The minimum Gasteiger partial charge on any atom is -0.456 e. The number of hydrogen-bond acceptors (Lipinski definition) is 11. The second-order valence-electron chi connectivity index (χ2n) is 8.21. The molecule has 0 bridgehead atoms. The molecule has 4 rings (SSSR count). The Bertz CT molecular complexity index is 1090. The second-order valence-corrected chi connectivity index (χ2v) is 8.55. The van der Waals surface area contributed by atoms with Gasteiger partial charge >= 0.3 is 17.9 Å². The van der Waals surface area contributed by atoms with Crippen LogP contribution in [0.1, 0.15) is 46.3 Å². The largest absolute Gasteiger partial charge is 0.456 e. The average molecular weight is 496 g/mol. The van der Waals surface area contributed by atoms with Crippen molar-refractivity contribution >= 4 is 46.5 Å². The number of anilines is 1. The number of rotatable bonds is 5. The molecule has 0 spiro atoms. The van der Waals surface area contributed by atoms with E-state index < -0.39 is 42.4 Å². The Morgan fingerprint density at radius 2 is 1.62 bits per heavy atom. The number of hydrogen-bond donors (Lipinski definition) is 0. The van der Waals surface area contributed by atoms with Gasteiger partial charge in [0.05, 0.1) is 12.9 Å². The Morgan fingerprint density at radius 1 is 0.971 bits per heavy atom. The molecule has 0 amide bonds. The van der Waals surface area contributed by atoms with E-state index in [1.807, 2.05) is 0 Å². The third-order valence-corrected chi connectivity index (χ3v) is 5.80. The second kappa shape index (κ2) is 10.1. The van der Waals surface area contributed by atoms with Gasteiger partial charge in [0, 0.05) is 33.9 Å². The fourth-order valence-corrected chi connectivity index (χ4v) is 4.51. The van der Waals surface area contributed by atoms with E-state index >= 15 is 0 Å². The van der Waals surface area contributed by atoms with E-state index in [-0.39, 0.29) is 11.9 Å². The number of carbonyl (C=O) groups is 3. The number of halogens is 1. The van der Waals surface area contributed by atoms with Crippen LogP contribution < -0.4 is 4.90 Å². The standard InChI is InChI=1S/C21H26ClN5O7/c1-11(28)32-14-9-31-20(17(34-13(3)30)16(14)33-12(2)29)27-10-23-15-18(24-21(22)25-19(15)27)26-7-5-4-6-8-26/h10,14,16-17,20H,4-9H2,1-3H3/t14-,16-,17-,20-/m1/s1. The highest BCUT2D eigenvalue weighted by Crippen LogP contribution is 2.34. The number of fused-ring (bicyclic) bond motifs is 1. The molecule has 4 heterocycles. The summed E-state index contributed by atoms with van der Waals surface area (Å²) in [7, 11) is 0. The molecule has 0 aliphatic carbocycles. The number of aromatic nitrogens is 4. The van der Waals surface area contributed by atoms with E-state index in [9.17, 15) is 14.4 Å². The van der Waals surface area contributed by atoms with Gasteiger partial charge in [-0.25, -0.2) is 4.98 Å². The fourth-order valence-electron chi connectivity index (χ4n) is 4.35. The summed E-state index contributed by atoms with van der Waals surface area (Å²) in [6.07, 6.45) is 0.487. The highest BCUT2D eigenvalue weighted by atomic mass is 35.5. The van der Waals surface area contributed by atoms with Gasteiger partial charge < -0.3 is 23.8 Å². The van der Waals surface area contributed by atoms with E-state index in [0.29, 0.717) is 17.0 Å². The summed E-state index contributed by atoms with van der Waals surface area (Å²) >= 11 is 6.27. The number of piperidine rings is 1. The summed E-state index contributed by atoms with van der Waals surface area (Å²) in [4.78, 5) is 50.8. The number of nitrogens with zero attached hydrogens (tertiary/aromatic N) is 5. The van der Waals surface area contributed by atoms with Crippen LogP contribution in [0.4, 0.5) is 5.82 Å². The van der Waals surface area contributed by atoms with Crippen molar-refractivity contribution in [3.05, 3.63) is 11.6 Å². The van der Waals surface area contributed by atoms with Gasteiger partial charge in [0.15, 0.2) is 41.5 Å². The fraction of sp³-hybridized carbons (Fsp3) is 0.619. The summed E-state index contributed by atoms with van der Waals surface area (Å²) in [5.41, 5.74) is 0.887. The lowest BCUT2D eigenvalue weighted by molar-refractivity contribution is -0.239. The average Bonchev–Trinajstić information content (AvgIpc) is 3.18. The van der Waals surface area contributed by atoms with E-state index in [2.05, 4.69) is 19.9 Å². The third kappa shape index (κ3) is 5.07. The Kier molecular flexibility index (Phi) is 7.17. The van der Waals surface area contributed by atoms with Crippen LogP contribution in [0.5, 0.6) is 0 Å². The molecule has 0 aromatic carbocycles. The van der Waals surface area contributed by atoms with Crippen molar-refractivity contribution in [2.24, 2.45) is 0 Å². The predicted octanol–water partition coefficient (Wildman–Crippen LogP) is 1.79. The predicted molar refractivity (Wildman–Crippen MR) is 118 cm³/mol. The molecular formula is C21H26ClN5O7. The molecule has 13 heteroatoms. The van der Waals surface area contributed by atoms with Crippen LogP contribution in [0.2, 0.25) is 5.28 Å². The number of carbonyl (C=O) groups excluding carboxylic acids is 3. The van der Waals surface area contributed by atoms with Crippen LogP contribution >= 0.6 is 11.6 Å². The van der Waals surface area contributed by atoms with Crippen molar-refractivity contribution in [3.8, 4) is 0 Å². The van der Waals surface area contributed by atoms with Gasteiger partial charge in [-0.3, -0.25) is 19.0 Å². The van der Waals surface area contributed by atoms with Crippen LogP contribution in [0.3, 0.4) is 0 Å². The molecular weight excluding hydrogens is 470 g/mol. The Hall–Kier alpha value is -2.99. The van der Waals surface area contributed by atoms with Crippen LogP contribution in [-0.2, 0) is 33.3 Å². The van der Waals surface area contributed by atoms with Crippen molar-refractivity contribution in [3.63, 3.8) is 0 Å². The zero-order chi connectivity index (χ0) is 24.4. The first kappa shape index (κ1) is 24.1. The van der Waals surface area contributed by atoms with Gasteiger partial charge in [0.2, 0.25) is 5.28 Å². The smallest absolute Gasteiger partial charge is 0.303 e. The third-order valence-electron chi connectivity index (χ3n) is 5.63. The van der Waals surface area contributed by atoms with Crippen molar-refractivity contribution < 1.29 is 33.3 Å². The first-order valence-electron chi connectivity index (χ1n) is 11.0. The van der Waals surface area contributed by atoms with Crippen molar-refractivity contribution in [1.29, 1.82) is 0 Å². The van der Waals surface area contributed by atoms with E-state index in [1.165, 1.54) is 27.1 Å². The SMILES string of the molecule is CC(=O)O[C@@H]1[C@H](OC(C)=O)[C@H](OC(C)=O)CO[C@H]1n1cnc2c(N3CCCCC3)nc(Cl)nc21. The zero-order valence-electron chi connectivity index (χ0n) is 19.1. The van der Waals surface area contributed by atoms with Crippen LogP contribution in [0.25, 0.3) is 11.2 Å². The van der Waals surface area contributed by atoms with E-state index in [4.69, 9.17) is 30.5 Å². The molecule has 2 aromatic heterocycles. The highest BCUT2D eigenvalue weighted by Gasteiger charge is 2.48. The highest BCUT2D eigenvalue weighted by molar-refractivity contribution is 6.28. The van der Waals surface area contributed by atoms with E-state index in [0.717, 1.165) is 32.4 Å². The maximum atomic E-state index is 12.0. The molecule has 4 atom stereocenters. The maximum Gasteiger partial charge on any atom is 0.303 e. The molecule has 0 unspecified atom stereocenters. The molecule has 2 aliphatic heterocycles. The minimum atomic E-state index is -1.15. The lowest BCUT2D eigenvalue weighted by Gasteiger charge is -2.40. The summed E-state index contributed by atoms with van der Waals surface area (Å²) in [5, 5.41) is 0.0315. The molecule has 2 aromatic rings. The first-order valence-corrected chi connectivity index (χ1v) is 11.4. The van der Waals surface area contributed by atoms with Gasteiger partial charge in [-0.1, -0.05) is 0 Å². The Morgan fingerprint density at radius 3 is 2.26 bits per heavy atom. The van der Waals surface area contributed by atoms with Gasteiger partial charge in [-0.2, -0.15) is 9.97 Å². The lowest BCUT2D eigenvalue weighted by atomic mass is 10.0. The molecule has 0 saturated carbocycles. The maximum absolute atomic E-state index is 12.0. The molecule has 34 heavy (non-hydrogen) atoms. The van der Waals surface area contributed by atoms with Crippen LogP contribution in [-0.4, -0.2) is 75.4 Å². The normalized spacial score (nSPS) is 25.1. The van der Waals surface area contributed by atoms with Gasteiger partial charge in [-0.15, -0.1) is 0 Å². The summed E-state index contributed by atoms with van der Waals surface area (Å²) < 4.78 is 23.7. The monoisotopic (exact) mass is 495 g/mol. The van der Waals surface area contributed by atoms with Crippen LogP contribution in [0, 0.1) is 0 Å². The van der Waals surface area contributed by atoms with Gasteiger partial charge in [0.25, 0.3) is 0 Å². The van der Waals surface area contributed by atoms with Gasteiger partial charge in [-0.05, 0) is 30.9 Å². The molecule has 2 saturated heterocycles.